The molecule has 2 fully saturated rings. The predicted molar refractivity (Wildman–Crippen MR) is 97.7 cm³/mol. The van der Waals surface area contributed by atoms with Crippen molar-refractivity contribution in [2.24, 2.45) is 7.05 Å². The van der Waals surface area contributed by atoms with E-state index in [0.717, 1.165) is 35.2 Å². The number of rotatable bonds is 4. The second-order valence-electron chi connectivity index (χ2n) is 6.94. The van der Waals surface area contributed by atoms with E-state index in [1.807, 2.05) is 29.9 Å². The molecule has 0 saturated carbocycles. The lowest BCUT2D eigenvalue weighted by molar-refractivity contribution is -0.212. The molecule has 26 heavy (non-hydrogen) atoms. The molecule has 7 heteroatoms. The van der Waals surface area contributed by atoms with Gasteiger partial charge in [-0.05, 0) is 17.5 Å². The highest BCUT2D eigenvalue weighted by atomic mass is 16.5. The Bertz CT molecular complexity index is 999. The number of pyridine rings is 1. The molecule has 0 radical (unpaired) electrons. The number of nitrogens with zero attached hydrogens (tertiary/aromatic N) is 4. The molecule has 0 aliphatic carbocycles. The molecule has 2 unspecified atom stereocenters. The standard InChI is InChI=1S/C19H19N5O2/c1-23-11-20-7-15(23)12-2-3-13-6-21-18(5-14(13)4-12)22-19(25)9-24-8-17-16(24)10-26-17/h2-7,11,16-17H,8-10H2,1H3,(H,21,22,25). The van der Waals surface area contributed by atoms with Gasteiger partial charge in [-0.2, -0.15) is 0 Å². The number of carbonyl (C=O) groups is 1. The number of aromatic nitrogens is 3. The number of imidazole rings is 1. The third kappa shape index (κ3) is 2.56. The Hall–Kier alpha value is -2.77. The van der Waals surface area contributed by atoms with Gasteiger partial charge in [0.25, 0.3) is 0 Å². The first-order chi connectivity index (χ1) is 12.7. The lowest BCUT2D eigenvalue weighted by Gasteiger charge is -2.54. The smallest absolute Gasteiger partial charge is 0.239 e. The van der Waals surface area contributed by atoms with Crippen LogP contribution in [0.25, 0.3) is 22.0 Å². The van der Waals surface area contributed by atoms with Gasteiger partial charge in [0.15, 0.2) is 0 Å². The minimum absolute atomic E-state index is 0.0370. The molecular weight excluding hydrogens is 330 g/mol. The van der Waals surface area contributed by atoms with Crippen molar-refractivity contribution < 1.29 is 9.53 Å². The Morgan fingerprint density at radius 2 is 2.23 bits per heavy atom. The SMILES string of the molecule is Cn1cncc1-c1ccc2cnc(NC(=O)CN3CC4OCC43)cc2c1. The van der Waals surface area contributed by atoms with Crippen LogP contribution < -0.4 is 5.32 Å². The van der Waals surface area contributed by atoms with Gasteiger partial charge in [0.1, 0.15) is 5.82 Å². The number of fused-ring (bicyclic) bond motifs is 2. The van der Waals surface area contributed by atoms with E-state index >= 15 is 0 Å². The van der Waals surface area contributed by atoms with E-state index in [1.54, 1.807) is 12.5 Å². The summed E-state index contributed by atoms with van der Waals surface area (Å²) >= 11 is 0. The average molecular weight is 349 g/mol. The van der Waals surface area contributed by atoms with Crippen LogP contribution >= 0.6 is 0 Å². The van der Waals surface area contributed by atoms with Crippen LogP contribution in [-0.4, -0.2) is 57.2 Å². The Balaban J connectivity index is 1.35. The first kappa shape index (κ1) is 15.5. The van der Waals surface area contributed by atoms with Gasteiger partial charge >= 0.3 is 0 Å². The van der Waals surface area contributed by atoms with Crippen molar-refractivity contribution in [1.29, 1.82) is 0 Å². The van der Waals surface area contributed by atoms with E-state index < -0.39 is 0 Å². The van der Waals surface area contributed by atoms with E-state index in [0.29, 0.717) is 24.5 Å². The number of aryl methyl sites for hydroxylation is 1. The molecule has 7 nitrogen and oxygen atoms in total. The highest BCUT2D eigenvalue weighted by Crippen LogP contribution is 2.29. The number of likely N-dealkylation sites (tertiary alicyclic amines) is 1. The van der Waals surface area contributed by atoms with Crippen molar-refractivity contribution in [3.8, 4) is 11.3 Å². The predicted octanol–water partition coefficient (Wildman–Crippen LogP) is 1.66. The topological polar surface area (TPSA) is 72.3 Å². The molecule has 2 atom stereocenters. The second kappa shape index (κ2) is 5.89. The first-order valence-electron chi connectivity index (χ1n) is 8.69. The van der Waals surface area contributed by atoms with Crippen LogP contribution in [0.2, 0.25) is 0 Å². The molecule has 5 rings (SSSR count). The third-order valence-electron chi connectivity index (χ3n) is 5.24. The minimum Gasteiger partial charge on any atom is -0.373 e. The van der Waals surface area contributed by atoms with Crippen molar-refractivity contribution in [3.63, 3.8) is 0 Å². The fraction of sp³-hybridized carbons (Fsp3) is 0.316. The summed E-state index contributed by atoms with van der Waals surface area (Å²) in [5.41, 5.74) is 2.13. The maximum Gasteiger partial charge on any atom is 0.239 e. The van der Waals surface area contributed by atoms with Crippen LogP contribution in [0.3, 0.4) is 0 Å². The van der Waals surface area contributed by atoms with Crippen molar-refractivity contribution in [1.82, 2.24) is 19.4 Å². The number of ether oxygens (including phenoxy) is 1. The van der Waals surface area contributed by atoms with Gasteiger partial charge in [-0.25, -0.2) is 9.97 Å². The van der Waals surface area contributed by atoms with Gasteiger partial charge in [-0.15, -0.1) is 0 Å². The summed E-state index contributed by atoms with van der Waals surface area (Å²) in [6.45, 7) is 1.97. The molecule has 1 aromatic carbocycles. The molecule has 2 aliphatic heterocycles. The summed E-state index contributed by atoms with van der Waals surface area (Å²) in [7, 11) is 1.97. The molecular formula is C19H19N5O2. The Labute approximate surface area is 150 Å². The van der Waals surface area contributed by atoms with Gasteiger partial charge in [0, 0.05) is 30.7 Å². The fourth-order valence-electron chi connectivity index (χ4n) is 3.61. The van der Waals surface area contributed by atoms with Crippen molar-refractivity contribution >= 4 is 22.5 Å². The third-order valence-corrected chi connectivity index (χ3v) is 5.24. The average Bonchev–Trinajstić information content (AvgIpc) is 3.04. The molecule has 1 amide bonds. The van der Waals surface area contributed by atoms with Crippen molar-refractivity contribution in [2.45, 2.75) is 12.1 Å². The molecule has 2 aromatic heterocycles. The number of carbonyl (C=O) groups excluding carboxylic acids is 1. The van der Waals surface area contributed by atoms with Crippen molar-refractivity contribution in [2.75, 3.05) is 25.0 Å². The fourth-order valence-corrected chi connectivity index (χ4v) is 3.61. The number of benzene rings is 1. The Kier molecular flexibility index (Phi) is 3.51. The number of morpholine rings is 1. The van der Waals surface area contributed by atoms with E-state index in [-0.39, 0.29) is 5.91 Å². The molecule has 2 aliphatic rings. The molecule has 0 spiro atoms. The summed E-state index contributed by atoms with van der Waals surface area (Å²) in [6.07, 6.45) is 5.75. The largest absolute Gasteiger partial charge is 0.373 e. The van der Waals surface area contributed by atoms with Crippen LogP contribution in [0, 0.1) is 0 Å². The first-order valence-corrected chi connectivity index (χ1v) is 8.69. The quantitative estimate of drug-likeness (QED) is 0.776. The maximum absolute atomic E-state index is 12.3. The molecule has 132 valence electrons. The van der Waals surface area contributed by atoms with Gasteiger partial charge in [0.05, 0.1) is 43.5 Å². The summed E-state index contributed by atoms with van der Waals surface area (Å²) in [5.74, 6) is 0.538. The van der Waals surface area contributed by atoms with Crippen LogP contribution in [0.1, 0.15) is 0 Å². The zero-order chi connectivity index (χ0) is 17.7. The number of hydrogen-bond acceptors (Lipinski definition) is 5. The number of anilines is 1. The lowest BCUT2D eigenvalue weighted by Crippen LogP contribution is -2.71. The molecule has 3 aromatic rings. The Morgan fingerprint density at radius 1 is 1.31 bits per heavy atom. The second-order valence-corrected chi connectivity index (χ2v) is 6.94. The number of amides is 1. The van der Waals surface area contributed by atoms with E-state index in [4.69, 9.17) is 4.74 Å². The zero-order valence-corrected chi connectivity index (χ0v) is 14.4. The summed E-state index contributed by atoms with van der Waals surface area (Å²) in [4.78, 5) is 23.0. The van der Waals surface area contributed by atoms with E-state index in [9.17, 15) is 4.79 Å². The summed E-state index contributed by atoms with van der Waals surface area (Å²) in [6, 6.07) is 8.52. The maximum atomic E-state index is 12.3. The van der Waals surface area contributed by atoms with Crippen LogP contribution in [0.4, 0.5) is 5.82 Å². The highest BCUT2D eigenvalue weighted by Gasteiger charge is 2.47. The number of hydrogen-bond donors (Lipinski definition) is 1. The summed E-state index contributed by atoms with van der Waals surface area (Å²) in [5, 5.41) is 4.97. The van der Waals surface area contributed by atoms with Crippen LogP contribution in [0.5, 0.6) is 0 Å². The molecule has 1 N–H and O–H groups in total. The van der Waals surface area contributed by atoms with Crippen molar-refractivity contribution in [3.05, 3.63) is 43.0 Å². The van der Waals surface area contributed by atoms with E-state index in [2.05, 4.69) is 32.3 Å². The Morgan fingerprint density at radius 3 is 2.92 bits per heavy atom. The molecule has 0 bridgehead atoms. The molecule has 2 saturated heterocycles. The monoisotopic (exact) mass is 349 g/mol. The molecule has 4 heterocycles. The van der Waals surface area contributed by atoms with Gasteiger partial charge in [-0.1, -0.05) is 12.1 Å². The van der Waals surface area contributed by atoms with Gasteiger partial charge in [-0.3, -0.25) is 9.69 Å². The van der Waals surface area contributed by atoms with E-state index in [1.165, 1.54) is 0 Å². The minimum atomic E-state index is -0.0370. The van der Waals surface area contributed by atoms with Crippen LogP contribution in [0.15, 0.2) is 43.0 Å². The summed E-state index contributed by atoms with van der Waals surface area (Å²) < 4.78 is 7.35. The number of nitrogens with one attached hydrogen (secondary N) is 1. The highest BCUT2D eigenvalue weighted by molar-refractivity contribution is 5.94. The van der Waals surface area contributed by atoms with Crippen LogP contribution in [-0.2, 0) is 16.6 Å². The lowest BCUT2D eigenvalue weighted by atomic mass is 9.95. The van der Waals surface area contributed by atoms with Gasteiger partial charge < -0.3 is 14.6 Å². The zero-order valence-electron chi connectivity index (χ0n) is 14.4. The van der Waals surface area contributed by atoms with Gasteiger partial charge in [0.2, 0.25) is 5.91 Å². The normalized spacial score (nSPS) is 21.7.